The van der Waals surface area contributed by atoms with Gasteiger partial charge in [0, 0.05) is 31.4 Å². The van der Waals surface area contributed by atoms with Crippen LogP contribution in [0.5, 0.6) is 0 Å². The molecule has 2 aliphatic rings. The van der Waals surface area contributed by atoms with Crippen LogP contribution in [0.25, 0.3) is 11.0 Å². The molecule has 2 fully saturated rings. The number of morpholine rings is 1. The lowest BCUT2D eigenvalue weighted by Crippen LogP contribution is -2.46. The molecule has 0 spiro atoms. The van der Waals surface area contributed by atoms with Gasteiger partial charge in [0.1, 0.15) is 17.1 Å². The molecule has 10 nitrogen and oxygen atoms in total. The average molecular weight is 471 g/mol. The first-order chi connectivity index (χ1) is 16.0. The number of amides is 1. The van der Waals surface area contributed by atoms with Crippen molar-refractivity contribution in [3.05, 3.63) is 24.0 Å². The van der Waals surface area contributed by atoms with E-state index in [4.69, 9.17) is 15.5 Å². The minimum absolute atomic E-state index is 0.0894. The van der Waals surface area contributed by atoms with Gasteiger partial charge in [-0.25, -0.2) is 4.98 Å². The highest BCUT2D eigenvalue weighted by atomic mass is 32.1. The van der Waals surface area contributed by atoms with E-state index in [1.807, 2.05) is 29.8 Å². The van der Waals surface area contributed by atoms with Crippen LogP contribution >= 0.6 is 11.5 Å². The van der Waals surface area contributed by atoms with Crippen molar-refractivity contribution in [3.63, 3.8) is 0 Å². The fourth-order valence-corrected chi connectivity index (χ4v) is 5.47. The highest BCUT2D eigenvalue weighted by Crippen LogP contribution is 2.30. The van der Waals surface area contributed by atoms with E-state index in [1.165, 1.54) is 11.5 Å². The van der Waals surface area contributed by atoms with E-state index in [0.717, 1.165) is 79.5 Å². The molecule has 33 heavy (non-hydrogen) atoms. The second-order valence-electron chi connectivity index (χ2n) is 8.80. The summed E-state index contributed by atoms with van der Waals surface area (Å²) in [5.41, 5.74) is 7.99. The zero-order chi connectivity index (χ0) is 22.8. The summed E-state index contributed by atoms with van der Waals surface area (Å²) in [6.45, 7) is 5.78. The second-order valence-corrected chi connectivity index (χ2v) is 9.60. The summed E-state index contributed by atoms with van der Waals surface area (Å²) in [5.74, 6) is 0.837. The standard InChI is InChI=1S/C22H30N8O2S/c1-14-12-19(33-28-14)26-22-25-17-6-7-30(13-18(23)31)20(17)21(27-22)24-15-2-4-16(5-3-15)29-8-10-32-11-9-29/h6-7,12,15-16H,2-5,8-11,13H2,1H3,(H2,23,31)(H2,24,25,26,27). The Labute approximate surface area is 196 Å². The van der Waals surface area contributed by atoms with E-state index < -0.39 is 5.91 Å². The van der Waals surface area contributed by atoms with Gasteiger partial charge in [0.25, 0.3) is 0 Å². The molecule has 1 aliphatic heterocycles. The number of nitrogens with zero attached hydrogens (tertiary/aromatic N) is 5. The normalized spacial score (nSPS) is 21.8. The fraction of sp³-hybridized carbons (Fsp3) is 0.545. The van der Waals surface area contributed by atoms with Gasteiger partial charge >= 0.3 is 0 Å². The van der Waals surface area contributed by atoms with Crippen LogP contribution in [-0.4, -0.2) is 68.1 Å². The predicted octanol–water partition coefficient (Wildman–Crippen LogP) is 2.48. The molecule has 0 unspecified atom stereocenters. The molecule has 4 heterocycles. The molecule has 11 heteroatoms. The number of nitrogens with two attached hydrogens (primary N) is 1. The molecule has 1 saturated carbocycles. The minimum atomic E-state index is -0.396. The minimum Gasteiger partial charge on any atom is -0.379 e. The van der Waals surface area contributed by atoms with Crippen molar-refractivity contribution in [3.8, 4) is 0 Å². The first-order valence-corrected chi connectivity index (χ1v) is 12.3. The average Bonchev–Trinajstić information content (AvgIpc) is 3.40. The summed E-state index contributed by atoms with van der Waals surface area (Å²) in [6, 6.07) is 4.80. The molecule has 3 aromatic rings. The number of aryl methyl sites for hydroxylation is 1. The van der Waals surface area contributed by atoms with Crippen molar-refractivity contribution in [2.45, 2.75) is 51.2 Å². The summed E-state index contributed by atoms with van der Waals surface area (Å²) < 4.78 is 11.6. The van der Waals surface area contributed by atoms with E-state index in [2.05, 4.69) is 24.9 Å². The first kappa shape index (κ1) is 22.1. The molecule has 4 N–H and O–H groups in total. The first-order valence-electron chi connectivity index (χ1n) is 11.5. The number of nitrogens with one attached hydrogen (secondary N) is 2. The van der Waals surface area contributed by atoms with E-state index in [0.29, 0.717) is 18.0 Å². The molecule has 3 aromatic heterocycles. The molecule has 1 saturated heterocycles. The lowest BCUT2D eigenvalue weighted by Gasteiger charge is -2.39. The highest BCUT2D eigenvalue weighted by Gasteiger charge is 2.28. The Balaban J connectivity index is 1.36. The SMILES string of the molecule is Cc1cc(Nc2nc(NC3CCC(N4CCOCC4)CC3)c3c(ccn3CC(N)=O)n2)sn1. The van der Waals surface area contributed by atoms with Gasteiger partial charge in [0.05, 0.1) is 24.4 Å². The number of anilines is 3. The van der Waals surface area contributed by atoms with E-state index >= 15 is 0 Å². The molecule has 0 radical (unpaired) electrons. The molecule has 0 bridgehead atoms. The summed E-state index contributed by atoms with van der Waals surface area (Å²) in [5, 5.41) is 7.82. The molecule has 1 amide bonds. The maximum Gasteiger partial charge on any atom is 0.237 e. The lowest BCUT2D eigenvalue weighted by molar-refractivity contribution is -0.118. The van der Waals surface area contributed by atoms with Crippen LogP contribution in [0.4, 0.5) is 16.8 Å². The van der Waals surface area contributed by atoms with Crippen LogP contribution in [0, 0.1) is 6.92 Å². The van der Waals surface area contributed by atoms with Crippen molar-refractivity contribution >= 4 is 45.2 Å². The number of hydrogen-bond acceptors (Lipinski definition) is 9. The predicted molar refractivity (Wildman–Crippen MR) is 129 cm³/mol. The summed E-state index contributed by atoms with van der Waals surface area (Å²) in [6.07, 6.45) is 6.28. The monoisotopic (exact) mass is 470 g/mol. The number of primary amides is 1. The summed E-state index contributed by atoms with van der Waals surface area (Å²) in [4.78, 5) is 23.6. The van der Waals surface area contributed by atoms with Gasteiger partial charge < -0.3 is 25.7 Å². The zero-order valence-electron chi connectivity index (χ0n) is 18.8. The molecule has 0 atom stereocenters. The number of fused-ring (bicyclic) bond motifs is 1. The highest BCUT2D eigenvalue weighted by molar-refractivity contribution is 7.10. The van der Waals surface area contributed by atoms with Crippen LogP contribution in [0.3, 0.4) is 0 Å². The van der Waals surface area contributed by atoms with Crippen LogP contribution in [0.15, 0.2) is 18.3 Å². The van der Waals surface area contributed by atoms with Gasteiger partial charge in [0.2, 0.25) is 11.9 Å². The molecular weight excluding hydrogens is 440 g/mol. The maximum atomic E-state index is 11.6. The Morgan fingerprint density at radius 1 is 1.24 bits per heavy atom. The van der Waals surface area contributed by atoms with Crippen molar-refractivity contribution in [1.29, 1.82) is 0 Å². The number of hydrogen-bond donors (Lipinski definition) is 3. The maximum absolute atomic E-state index is 11.6. The largest absolute Gasteiger partial charge is 0.379 e. The second kappa shape index (κ2) is 9.62. The smallest absolute Gasteiger partial charge is 0.237 e. The molecule has 176 valence electrons. The summed E-state index contributed by atoms with van der Waals surface area (Å²) in [7, 11) is 0. The van der Waals surface area contributed by atoms with Crippen LogP contribution in [0.2, 0.25) is 0 Å². The van der Waals surface area contributed by atoms with E-state index in [-0.39, 0.29) is 6.54 Å². The van der Waals surface area contributed by atoms with Crippen molar-refractivity contribution < 1.29 is 9.53 Å². The molecular formula is C22H30N8O2S. The van der Waals surface area contributed by atoms with Crippen LogP contribution in [-0.2, 0) is 16.1 Å². The van der Waals surface area contributed by atoms with Crippen molar-refractivity contribution in [2.75, 3.05) is 36.9 Å². The lowest BCUT2D eigenvalue weighted by atomic mass is 9.90. The molecule has 5 rings (SSSR count). The summed E-state index contributed by atoms with van der Waals surface area (Å²) >= 11 is 1.38. The third-order valence-corrected chi connectivity index (χ3v) is 7.20. The Morgan fingerprint density at radius 3 is 2.73 bits per heavy atom. The van der Waals surface area contributed by atoms with Crippen LogP contribution < -0.4 is 16.4 Å². The topological polar surface area (TPSA) is 123 Å². The van der Waals surface area contributed by atoms with E-state index in [1.54, 1.807) is 0 Å². The Kier molecular flexibility index (Phi) is 6.43. The Hall–Kier alpha value is -2.76. The Morgan fingerprint density at radius 2 is 2.03 bits per heavy atom. The van der Waals surface area contributed by atoms with Crippen molar-refractivity contribution in [2.24, 2.45) is 5.73 Å². The quantitative estimate of drug-likeness (QED) is 0.481. The van der Waals surface area contributed by atoms with Gasteiger partial charge in [-0.1, -0.05) is 0 Å². The van der Waals surface area contributed by atoms with Gasteiger partial charge in [0.15, 0.2) is 5.82 Å². The number of ether oxygens (including phenoxy) is 1. The van der Waals surface area contributed by atoms with Gasteiger partial charge in [-0.2, -0.15) is 9.36 Å². The molecule has 1 aliphatic carbocycles. The van der Waals surface area contributed by atoms with Gasteiger partial charge in [-0.15, -0.1) is 0 Å². The van der Waals surface area contributed by atoms with Gasteiger partial charge in [-0.3, -0.25) is 9.69 Å². The third-order valence-electron chi connectivity index (χ3n) is 6.40. The van der Waals surface area contributed by atoms with E-state index in [9.17, 15) is 4.79 Å². The number of carbonyl (C=O) groups is 1. The number of carbonyl (C=O) groups excluding carboxylic acids is 1. The van der Waals surface area contributed by atoms with Crippen molar-refractivity contribution in [1.82, 2.24) is 23.8 Å². The zero-order valence-corrected chi connectivity index (χ0v) is 19.6. The fourth-order valence-electron chi connectivity index (χ4n) is 4.82. The molecule has 0 aromatic carbocycles. The third kappa shape index (κ3) is 5.10. The number of rotatable bonds is 7. The van der Waals surface area contributed by atoms with Gasteiger partial charge in [-0.05, 0) is 56.3 Å². The Bertz CT molecular complexity index is 1110. The van der Waals surface area contributed by atoms with Crippen LogP contribution in [0.1, 0.15) is 31.4 Å². The number of aromatic nitrogens is 4.